The fraction of sp³-hybridized carbons (Fsp3) is 0.333. The highest BCUT2D eigenvalue weighted by atomic mass is 79.9. The second-order valence-corrected chi connectivity index (χ2v) is 6.85. The fourth-order valence-electron chi connectivity index (χ4n) is 1.70. The number of halogens is 1. The van der Waals surface area contributed by atoms with Crippen molar-refractivity contribution in [2.24, 2.45) is 0 Å². The van der Waals surface area contributed by atoms with E-state index in [1.54, 1.807) is 12.1 Å². The summed E-state index contributed by atoms with van der Waals surface area (Å²) in [5.74, 6) is 0.788. The molecule has 6 nitrogen and oxygen atoms in total. The number of aromatic nitrogens is 2. The lowest BCUT2D eigenvalue weighted by Crippen LogP contribution is -2.13. The molecule has 0 spiro atoms. The van der Waals surface area contributed by atoms with Gasteiger partial charge in [0.05, 0.1) is 4.90 Å². The summed E-state index contributed by atoms with van der Waals surface area (Å²) in [5.41, 5.74) is 0.998. The van der Waals surface area contributed by atoms with Gasteiger partial charge in [0, 0.05) is 11.2 Å². The van der Waals surface area contributed by atoms with Gasteiger partial charge in [-0.3, -0.25) is 0 Å². The van der Waals surface area contributed by atoms with Crippen molar-refractivity contribution in [2.75, 3.05) is 4.72 Å². The summed E-state index contributed by atoms with van der Waals surface area (Å²) in [6.07, 6.45) is 2.03. The number of rotatable bonds is 5. The summed E-state index contributed by atoms with van der Waals surface area (Å²) < 4.78 is 31.9. The highest BCUT2D eigenvalue weighted by Gasteiger charge is 2.30. The molecule has 1 fully saturated rings. The van der Waals surface area contributed by atoms with Gasteiger partial charge in [0.15, 0.2) is 0 Å². The van der Waals surface area contributed by atoms with Crippen LogP contribution in [0.3, 0.4) is 0 Å². The van der Waals surface area contributed by atoms with Crippen molar-refractivity contribution in [3.05, 3.63) is 35.7 Å². The zero-order valence-electron chi connectivity index (χ0n) is 10.4. The lowest BCUT2D eigenvalue weighted by atomic mass is 10.2. The minimum absolute atomic E-state index is 0.0866. The monoisotopic (exact) mass is 357 g/mol. The molecule has 0 unspecified atom stereocenters. The molecule has 8 heteroatoms. The number of hydrogen-bond acceptors (Lipinski definition) is 5. The predicted octanol–water partition coefficient (Wildman–Crippen LogP) is 2.64. The highest BCUT2D eigenvalue weighted by Crippen LogP contribution is 2.39. The van der Waals surface area contributed by atoms with Crippen LogP contribution in [0.15, 0.2) is 33.6 Å². The first-order chi connectivity index (χ1) is 9.58. The van der Waals surface area contributed by atoms with E-state index in [0.717, 1.165) is 18.4 Å². The third kappa shape index (κ3) is 2.85. The lowest BCUT2D eigenvalue weighted by molar-refractivity contribution is 0.510. The Bertz CT molecular complexity index is 708. The van der Waals surface area contributed by atoms with Crippen LogP contribution in [-0.2, 0) is 15.4 Å². The van der Waals surface area contributed by atoms with Gasteiger partial charge in [0.1, 0.15) is 0 Å². The van der Waals surface area contributed by atoms with Crippen LogP contribution in [0.2, 0.25) is 0 Å². The van der Waals surface area contributed by atoms with Crippen LogP contribution in [0.1, 0.15) is 30.2 Å². The van der Waals surface area contributed by atoms with Gasteiger partial charge < -0.3 is 4.42 Å². The van der Waals surface area contributed by atoms with E-state index in [1.807, 2.05) is 0 Å². The summed E-state index contributed by atoms with van der Waals surface area (Å²) in [6, 6.07) is 6.48. The quantitative estimate of drug-likeness (QED) is 0.831. The van der Waals surface area contributed by atoms with E-state index in [9.17, 15) is 8.42 Å². The fourth-order valence-corrected chi connectivity index (χ4v) is 3.00. The number of alkyl halides is 1. The van der Waals surface area contributed by atoms with E-state index < -0.39 is 10.0 Å². The maximum Gasteiger partial charge on any atom is 0.329 e. The van der Waals surface area contributed by atoms with Crippen LogP contribution in [0.5, 0.6) is 0 Å². The van der Waals surface area contributed by atoms with Crippen molar-refractivity contribution in [3.8, 4) is 0 Å². The van der Waals surface area contributed by atoms with Crippen molar-refractivity contribution in [3.63, 3.8) is 0 Å². The largest absolute Gasteiger partial charge is 0.407 e. The molecule has 0 bridgehead atoms. The number of sulfonamides is 1. The van der Waals surface area contributed by atoms with E-state index in [4.69, 9.17) is 4.42 Å². The minimum atomic E-state index is -3.69. The normalized spacial score (nSPS) is 15.2. The molecule has 0 radical (unpaired) electrons. The molecule has 1 aliphatic carbocycles. The van der Waals surface area contributed by atoms with E-state index in [1.165, 1.54) is 12.1 Å². The molecule has 3 rings (SSSR count). The van der Waals surface area contributed by atoms with Crippen LogP contribution in [0.25, 0.3) is 0 Å². The number of nitrogens with zero attached hydrogens (tertiary/aromatic N) is 2. The zero-order chi connectivity index (χ0) is 14.2. The second kappa shape index (κ2) is 5.17. The molecule has 1 aromatic heterocycles. The van der Waals surface area contributed by atoms with Gasteiger partial charge in [0.25, 0.3) is 10.0 Å². The van der Waals surface area contributed by atoms with Gasteiger partial charge in [-0.1, -0.05) is 33.2 Å². The minimum Gasteiger partial charge on any atom is -0.407 e. The van der Waals surface area contributed by atoms with Gasteiger partial charge in [-0.15, -0.1) is 5.10 Å². The molecular formula is C12H12BrN3O3S. The second-order valence-electron chi connectivity index (χ2n) is 4.60. The van der Waals surface area contributed by atoms with Gasteiger partial charge in [-0.05, 0) is 30.5 Å². The van der Waals surface area contributed by atoms with Crippen LogP contribution in [0, 0.1) is 0 Å². The van der Waals surface area contributed by atoms with Gasteiger partial charge in [0.2, 0.25) is 5.89 Å². The Labute approximate surface area is 124 Å². The average molecular weight is 358 g/mol. The van der Waals surface area contributed by atoms with Gasteiger partial charge >= 0.3 is 6.01 Å². The molecule has 2 aromatic rings. The Morgan fingerprint density at radius 1 is 1.25 bits per heavy atom. The number of nitrogens with one attached hydrogen (secondary N) is 1. The topological polar surface area (TPSA) is 85.1 Å². The van der Waals surface area contributed by atoms with E-state index in [0.29, 0.717) is 17.1 Å². The first kappa shape index (κ1) is 13.6. The molecule has 0 saturated heterocycles. The van der Waals surface area contributed by atoms with Gasteiger partial charge in [-0.25, -0.2) is 13.1 Å². The molecule has 0 aliphatic heterocycles. The van der Waals surface area contributed by atoms with Gasteiger partial charge in [-0.2, -0.15) is 0 Å². The lowest BCUT2D eigenvalue weighted by Gasteiger charge is -2.04. The van der Waals surface area contributed by atoms with Crippen LogP contribution < -0.4 is 4.72 Å². The van der Waals surface area contributed by atoms with E-state index in [-0.39, 0.29) is 10.9 Å². The average Bonchev–Trinajstić information content (AvgIpc) is 3.20. The summed E-state index contributed by atoms with van der Waals surface area (Å²) >= 11 is 3.31. The Morgan fingerprint density at radius 2 is 1.95 bits per heavy atom. The van der Waals surface area contributed by atoms with Crippen molar-refractivity contribution in [1.82, 2.24) is 10.2 Å². The third-order valence-corrected chi connectivity index (χ3v) is 4.96. The first-order valence-electron chi connectivity index (χ1n) is 6.09. The molecule has 1 saturated carbocycles. The number of hydrogen-bond donors (Lipinski definition) is 1. The summed E-state index contributed by atoms with van der Waals surface area (Å²) in [6.45, 7) is 0. The summed E-state index contributed by atoms with van der Waals surface area (Å²) in [4.78, 5) is 0.161. The molecular weight excluding hydrogens is 346 g/mol. The molecule has 1 aromatic carbocycles. The van der Waals surface area contributed by atoms with Crippen LogP contribution in [-0.4, -0.2) is 18.6 Å². The smallest absolute Gasteiger partial charge is 0.329 e. The molecule has 20 heavy (non-hydrogen) atoms. The Hall–Kier alpha value is -1.41. The molecule has 1 heterocycles. The number of anilines is 1. The maximum absolute atomic E-state index is 12.1. The Kier molecular flexibility index (Phi) is 3.51. The number of benzene rings is 1. The maximum atomic E-state index is 12.1. The van der Waals surface area contributed by atoms with Crippen LogP contribution in [0.4, 0.5) is 6.01 Å². The van der Waals surface area contributed by atoms with Crippen LogP contribution >= 0.6 is 15.9 Å². The first-order valence-corrected chi connectivity index (χ1v) is 8.70. The zero-order valence-corrected chi connectivity index (χ0v) is 12.8. The van der Waals surface area contributed by atoms with Crippen molar-refractivity contribution >= 4 is 32.0 Å². The summed E-state index contributed by atoms with van der Waals surface area (Å²) in [7, 11) is -3.69. The predicted molar refractivity (Wildman–Crippen MR) is 76.2 cm³/mol. The third-order valence-electron chi connectivity index (χ3n) is 2.98. The van der Waals surface area contributed by atoms with Crippen molar-refractivity contribution in [2.45, 2.75) is 29.0 Å². The highest BCUT2D eigenvalue weighted by molar-refractivity contribution is 9.08. The summed E-state index contributed by atoms with van der Waals surface area (Å²) in [5, 5.41) is 8.22. The van der Waals surface area contributed by atoms with E-state index >= 15 is 0 Å². The molecule has 1 N–H and O–H groups in total. The van der Waals surface area contributed by atoms with Crippen molar-refractivity contribution < 1.29 is 12.8 Å². The molecule has 0 amide bonds. The van der Waals surface area contributed by atoms with E-state index in [2.05, 4.69) is 30.8 Å². The van der Waals surface area contributed by atoms with Crippen molar-refractivity contribution in [1.29, 1.82) is 0 Å². The molecule has 0 atom stereocenters. The molecule has 1 aliphatic rings. The SMILES string of the molecule is O=S(=O)(Nc1nnc(C2CC2)o1)c1ccc(CBr)cc1. The Morgan fingerprint density at radius 3 is 2.55 bits per heavy atom. The molecule has 106 valence electrons. The Balaban J connectivity index is 1.79. The standard InChI is InChI=1S/C12H12BrN3O3S/c13-7-8-1-5-10(6-2-8)20(17,18)16-12-15-14-11(19-12)9-3-4-9/h1-2,5-6,9H,3-4,7H2,(H,15,16).